The minimum Gasteiger partial charge on any atom is -0.405 e. The highest BCUT2D eigenvalue weighted by atomic mass is 79.9. The molecule has 0 spiro atoms. The second-order valence-corrected chi connectivity index (χ2v) is 6.22. The van der Waals surface area contributed by atoms with Crippen LogP contribution in [-0.2, 0) is 10.0 Å². The number of H-pyrrole nitrogens is 1. The number of anilines is 1. The van der Waals surface area contributed by atoms with Gasteiger partial charge in [0.25, 0.3) is 10.0 Å². The van der Waals surface area contributed by atoms with E-state index < -0.39 is 22.1 Å². The van der Waals surface area contributed by atoms with Crippen molar-refractivity contribution in [2.75, 3.05) is 4.72 Å². The van der Waals surface area contributed by atoms with Crippen LogP contribution >= 0.6 is 15.9 Å². The summed E-state index contributed by atoms with van der Waals surface area (Å²) < 4.78 is 66.0. The van der Waals surface area contributed by atoms with Crippen LogP contribution in [0.25, 0.3) is 0 Å². The third-order valence-electron chi connectivity index (χ3n) is 2.17. The first kappa shape index (κ1) is 15.6. The molecule has 2 N–H and O–H groups in total. The standard InChI is InChI=1S/C10H7BrF3N3O3S/c11-7-3-6(1-2-8(7)20-10(12,13)14)17-21(18,19)9-4-15-5-16-9/h1-5,17H,(H,15,16). The van der Waals surface area contributed by atoms with Gasteiger partial charge in [0, 0.05) is 0 Å². The van der Waals surface area contributed by atoms with E-state index in [2.05, 4.69) is 35.4 Å². The third-order valence-corrected chi connectivity index (χ3v) is 4.10. The van der Waals surface area contributed by atoms with Gasteiger partial charge in [-0.15, -0.1) is 13.2 Å². The Morgan fingerprint density at radius 1 is 1.33 bits per heavy atom. The zero-order chi connectivity index (χ0) is 15.7. The molecule has 0 bridgehead atoms. The maximum atomic E-state index is 12.1. The van der Waals surface area contributed by atoms with Crippen LogP contribution in [-0.4, -0.2) is 24.7 Å². The molecule has 2 rings (SSSR count). The Kier molecular flexibility index (Phi) is 4.14. The number of ether oxygens (including phenoxy) is 1. The Bertz CT molecular complexity index is 732. The maximum absolute atomic E-state index is 12.1. The monoisotopic (exact) mass is 385 g/mol. The number of hydrogen-bond donors (Lipinski definition) is 2. The lowest BCUT2D eigenvalue weighted by Gasteiger charge is -2.12. The first-order chi connectivity index (χ1) is 9.67. The molecule has 1 aromatic carbocycles. The minimum atomic E-state index is -4.83. The van der Waals surface area contributed by atoms with Gasteiger partial charge in [0.05, 0.1) is 22.7 Å². The number of aromatic nitrogens is 2. The molecule has 0 aliphatic rings. The van der Waals surface area contributed by atoms with Crippen molar-refractivity contribution in [1.82, 2.24) is 9.97 Å². The summed E-state index contributed by atoms with van der Waals surface area (Å²) in [6, 6.07) is 3.27. The molecule has 0 saturated heterocycles. The third kappa shape index (κ3) is 4.11. The van der Waals surface area contributed by atoms with Crippen LogP contribution in [0, 0.1) is 0 Å². The number of nitrogens with zero attached hydrogens (tertiary/aromatic N) is 1. The molecule has 0 aliphatic carbocycles. The van der Waals surface area contributed by atoms with E-state index in [0.29, 0.717) is 0 Å². The molecule has 0 unspecified atom stereocenters. The van der Waals surface area contributed by atoms with Crippen molar-refractivity contribution in [2.45, 2.75) is 11.4 Å². The van der Waals surface area contributed by atoms with Crippen LogP contribution in [0.5, 0.6) is 5.75 Å². The molecule has 1 aromatic heterocycles. The van der Waals surface area contributed by atoms with Gasteiger partial charge in [-0.1, -0.05) is 0 Å². The van der Waals surface area contributed by atoms with Crippen molar-refractivity contribution < 1.29 is 26.3 Å². The molecule has 0 aliphatic heterocycles. The molecule has 2 aromatic rings. The van der Waals surface area contributed by atoms with Gasteiger partial charge in [-0.2, -0.15) is 8.42 Å². The van der Waals surface area contributed by atoms with Crippen LogP contribution in [0.2, 0.25) is 0 Å². The first-order valence-corrected chi connectivity index (χ1v) is 7.51. The largest absolute Gasteiger partial charge is 0.573 e. The average molecular weight is 386 g/mol. The summed E-state index contributed by atoms with van der Waals surface area (Å²) in [4.78, 5) is 5.98. The molecule has 21 heavy (non-hydrogen) atoms. The van der Waals surface area contributed by atoms with E-state index in [-0.39, 0.29) is 15.2 Å². The molecule has 6 nitrogen and oxygen atoms in total. The summed E-state index contributed by atoms with van der Waals surface area (Å²) in [5, 5.41) is -0.172. The fraction of sp³-hybridized carbons (Fsp3) is 0.100. The Hall–Kier alpha value is -1.75. The van der Waals surface area contributed by atoms with Crippen molar-refractivity contribution in [3.63, 3.8) is 0 Å². The molecule has 11 heteroatoms. The van der Waals surface area contributed by atoms with Gasteiger partial charge in [-0.05, 0) is 34.1 Å². The van der Waals surface area contributed by atoms with Crippen LogP contribution in [0.15, 0.2) is 40.2 Å². The second kappa shape index (κ2) is 5.56. The number of aromatic amines is 1. The summed E-state index contributed by atoms with van der Waals surface area (Å²) in [6.45, 7) is 0. The van der Waals surface area contributed by atoms with Gasteiger partial charge in [-0.3, -0.25) is 4.72 Å². The maximum Gasteiger partial charge on any atom is 0.573 e. The van der Waals surface area contributed by atoms with Crippen molar-refractivity contribution in [3.05, 3.63) is 35.2 Å². The van der Waals surface area contributed by atoms with E-state index in [9.17, 15) is 21.6 Å². The SMILES string of the molecule is O=S(=O)(Nc1ccc(OC(F)(F)F)c(Br)c1)c1cnc[nH]1. The van der Waals surface area contributed by atoms with Crippen molar-refractivity contribution in [2.24, 2.45) is 0 Å². The normalized spacial score (nSPS) is 12.2. The summed E-state index contributed by atoms with van der Waals surface area (Å²) in [6.07, 6.45) is -2.55. The smallest absolute Gasteiger partial charge is 0.405 e. The number of imidazole rings is 1. The van der Waals surface area contributed by atoms with E-state index in [1.807, 2.05) is 0 Å². The van der Waals surface area contributed by atoms with Crippen molar-refractivity contribution in [3.8, 4) is 5.75 Å². The molecule has 1 heterocycles. The first-order valence-electron chi connectivity index (χ1n) is 5.24. The minimum absolute atomic E-state index is 0.0513. The van der Waals surface area contributed by atoms with Crippen LogP contribution in [0.4, 0.5) is 18.9 Å². The molecule has 0 saturated carbocycles. The summed E-state index contributed by atoms with van der Waals surface area (Å²) in [5.41, 5.74) is 0.0611. The fourth-order valence-electron chi connectivity index (χ4n) is 1.37. The van der Waals surface area contributed by atoms with E-state index in [1.54, 1.807) is 0 Å². The number of nitrogens with one attached hydrogen (secondary N) is 2. The van der Waals surface area contributed by atoms with E-state index in [1.165, 1.54) is 6.33 Å². The van der Waals surface area contributed by atoms with Crippen LogP contribution in [0.1, 0.15) is 0 Å². The number of sulfonamides is 1. The van der Waals surface area contributed by atoms with Gasteiger partial charge >= 0.3 is 6.36 Å². The fourth-order valence-corrected chi connectivity index (χ4v) is 2.79. The molecular formula is C10H7BrF3N3O3S. The van der Waals surface area contributed by atoms with Gasteiger partial charge in [0.15, 0.2) is 5.03 Å². The lowest BCUT2D eigenvalue weighted by molar-refractivity contribution is -0.274. The lowest BCUT2D eigenvalue weighted by atomic mass is 10.3. The van der Waals surface area contributed by atoms with Gasteiger partial charge in [0.1, 0.15) is 5.75 Å². The Labute approximate surface area is 125 Å². The summed E-state index contributed by atoms with van der Waals surface area (Å²) in [7, 11) is -3.89. The number of benzene rings is 1. The Morgan fingerprint density at radius 2 is 2.05 bits per heavy atom. The molecular weight excluding hydrogens is 379 g/mol. The van der Waals surface area contributed by atoms with Gasteiger partial charge < -0.3 is 9.72 Å². The van der Waals surface area contributed by atoms with Crippen molar-refractivity contribution in [1.29, 1.82) is 0 Å². The summed E-state index contributed by atoms with van der Waals surface area (Å²) in [5.74, 6) is -0.480. The average Bonchev–Trinajstić information content (AvgIpc) is 2.85. The Morgan fingerprint density at radius 3 is 2.57 bits per heavy atom. The predicted octanol–water partition coefficient (Wildman–Crippen LogP) is 2.87. The quantitative estimate of drug-likeness (QED) is 0.847. The molecule has 114 valence electrons. The van der Waals surface area contributed by atoms with Crippen LogP contribution in [0.3, 0.4) is 0 Å². The molecule has 0 fully saturated rings. The topological polar surface area (TPSA) is 84.1 Å². The highest BCUT2D eigenvalue weighted by Gasteiger charge is 2.32. The zero-order valence-corrected chi connectivity index (χ0v) is 12.4. The highest BCUT2D eigenvalue weighted by molar-refractivity contribution is 9.10. The number of hydrogen-bond acceptors (Lipinski definition) is 4. The van der Waals surface area contributed by atoms with Gasteiger partial charge in [-0.25, -0.2) is 4.98 Å². The van der Waals surface area contributed by atoms with Gasteiger partial charge in [0.2, 0.25) is 0 Å². The molecule has 0 amide bonds. The van der Waals surface area contributed by atoms with Crippen LogP contribution < -0.4 is 9.46 Å². The number of alkyl halides is 3. The molecule has 0 atom stereocenters. The highest BCUT2D eigenvalue weighted by Crippen LogP contribution is 2.32. The number of rotatable bonds is 4. The van der Waals surface area contributed by atoms with Crippen molar-refractivity contribution >= 4 is 31.6 Å². The van der Waals surface area contributed by atoms with E-state index in [4.69, 9.17) is 0 Å². The van der Waals surface area contributed by atoms with E-state index in [0.717, 1.165) is 24.4 Å². The number of halogens is 4. The Balaban J connectivity index is 2.22. The lowest BCUT2D eigenvalue weighted by Crippen LogP contribution is -2.17. The molecule has 0 radical (unpaired) electrons. The zero-order valence-electron chi connectivity index (χ0n) is 9.98. The van der Waals surface area contributed by atoms with E-state index >= 15 is 0 Å². The predicted molar refractivity (Wildman–Crippen MR) is 70.2 cm³/mol. The second-order valence-electron chi connectivity index (χ2n) is 3.71. The summed E-state index contributed by atoms with van der Waals surface area (Å²) >= 11 is 2.88.